The van der Waals surface area contributed by atoms with Crippen LogP contribution in [-0.4, -0.2) is 18.2 Å². The molecule has 66 valence electrons. The molecule has 1 heterocycles. The fraction of sp³-hybridized carbons (Fsp3) is 1.00. The maximum absolute atomic E-state index is 5.87. The van der Waals surface area contributed by atoms with Crippen molar-refractivity contribution in [2.45, 2.75) is 51.9 Å². The lowest BCUT2D eigenvalue weighted by molar-refractivity contribution is -0.0680. The lowest BCUT2D eigenvalue weighted by Gasteiger charge is -2.34. The zero-order chi connectivity index (χ0) is 8.43. The first kappa shape index (κ1) is 9.01. The van der Waals surface area contributed by atoms with Crippen LogP contribution in [0, 0.1) is 5.92 Å². The SMILES string of the molecule is CC1C[C@H](N)C[C@@H](C(C)C)O1. The third-order valence-electron chi connectivity index (χ3n) is 2.32. The molecule has 0 amide bonds. The largest absolute Gasteiger partial charge is 0.375 e. The molecule has 0 radical (unpaired) electrons. The van der Waals surface area contributed by atoms with Crippen LogP contribution >= 0.6 is 0 Å². The fourth-order valence-electron chi connectivity index (χ4n) is 1.66. The van der Waals surface area contributed by atoms with Crippen LogP contribution in [0.15, 0.2) is 0 Å². The Morgan fingerprint density at radius 1 is 1.36 bits per heavy atom. The second kappa shape index (κ2) is 3.55. The molecule has 0 spiro atoms. The van der Waals surface area contributed by atoms with Crippen molar-refractivity contribution in [1.29, 1.82) is 0 Å². The standard InChI is InChI=1S/C9H19NO/c1-6(2)9-5-8(10)4-7(3)11-9/h6-9H,4-5,10H2,1-3H3/t7?,8-,9-/m0/s1. The van der Waals surface area contributed by atoms with E-state index in [0.717, 1.165) is 12.8 Å². The average molecular weight is 157 g/mol. The summed E-state index contributed by atoms with van der Waals surface area (Å²) >= 11 is 0. The Labute approximate surface area is 69.1 Å². The van der Waals surface area contributed by atoms with Gasteiger partial charge in [-0.2, -0.15) is 0 Å². The number of nitrogens with two attached hydrogens (primary N) is 1. The molecule has 2 heteroatoms. The van der Waals surface area contributed by atoms with Crippen LogP contribution in [0.1, 0.15) is 33.6 Å². The fourth-order valence-corrected chi connectivity index (χ4v) is 1.66. The molecule has 3 atom stereocenters. The normalized spacial score (nSPS) is 39.5. The highest BCUT2D eigenvalue weighted by Gasteiger charge is 2.26. The third-order valence-corrected chi connectivity index (χ3v) is 2.32. The molecule has 2 nitrogen and oxygen atoms in total. The average Bonchev–Trinajstić information content (AvgIpc) is 1.85. The van der Waals surface area contributed by atoms with E-state index in [1.807, 2.05) is 0 Å². The van der Waals surface area contributed by atoms with Gasteiger partial charge in [0.2, 0.25) is 0 Å². The molecule has 0 saturated carbocycles. The molecule has 1 aliphatic rings. The second-order valence-electron chi connectivity index (χ2n) is 3.96. The number of rotatable bonds is 1. The minimum absolute atomic E-state index is 0.353. The summed E-state index contributed by atoms with van der Waals surface area (Å²) in [4.78, 5) is 0. The topological polar surface area (TPSA) is 35.2 Å². The van der Waals surface area contributed by atoms with Gasteiger partial charge in [-0.05, 0) is 25.7 Å². The van der Waals surface area contributed by atoms with Crippen LogP contribution in [0.5, 0.6) is 0 Å². The molecule has 0 aromatic rings. The first-order valence-corrected chi connectivity index (χ1v) is 4.50. The summed E-state index contributed by atoms with van der Waals surface area (Å²) in [6.45, 7) is 6.49. The number of ether oxygens (including phenoxy) is 1. The Balaban J connectivity index is 2.43. The lowest BCUT2D eigenvalue weighted by atomic mass is 9.93. The molecule has 1 rings (SSSR count). The minimum atomic E-state index is 0.353. The molecule has 1 fully saturated rings. The van der Waals surface area contributed by atoms with E-state index >= 15 is 0 Å². The smallest absolute Gasteiger partial charge is 0.0616 e. The van der Waals surface area contributed by atoms with E-state index in [4.69, 9.17) is 10.5 Å². The second-order valence-corrected chi connectivity index (χ2v) is 3.96. The van der Waals surface area contributed by atoms with Gasteiger partial charge in [-0.25, -0.2) is 0 Å². The summed E-state index contributed by atoms with van der Waals surface area (Å²) in [6, 6.07) is 0.353. The quantitative estimate of drug-likeness (QED) is 0.626. The van der Waals surface area contributed by atoms with E-state index in [1.165, 1.54) is 0 Å². The molecule has 0 aromatic heterocycles. The van der Waals surface area contributed by atoms with Crippen LogP contribution < -0.4 is 5.73 Å². The maximum atomic E-state index is 5.87. The van der Waals surface area contributed by atoms with Crippen LogP contribution in [0.25, 0.3) is 0 Å². The highest BCUT2D eigenvalue weighted by atomic mass is 16.5. The van der Waals surface area contributed by atoms with E-state index in [0.29, 0.717) is 24.2 Å². The van der Waals surface area contributed by atoms with E-state index < -0.39 is 0 Å². The third kappa shape index (κ3) is 2.46. The molecule has 11 heavy (non-hydrogen) atoms. The first-order chi connectivity index (χ1) is 5.09. The molecule has 1 unspecified atom stereocenters. The van der Waals surface area contributed by atoms with Gasteiger partial charge in [-0.3, -0.25) is 0 Å². The van der Waals surface area contributed by atoms with Gasteiger partial charge in [0.1, 0.15) is 0 Å². The number of hydrogen-bond donors (Lipinski definition) is 1. The van der Waals surface area contributed by atoms with Crippen LogP contribution in [0.2, 0.25) is 0 Å². The molecular weight excluding hydrogens is 138 g/mol. The van der Waals surface area contributed by atoms with Crippen molar-refractivity contribution in [3.8, 4) is 0 Å². The van der Waals surface area contributed by atoms with Crippen molar-refractivity contribution >= 4 is 0 Å². The van der Waals surface area contributed by atoms with Gasteiger partial charge in [0.05, 0.1) is 12.2 Å². The first-order valence-electron chi connectivity index (χ1n) is 4.50. The Hall–Kier alpha value is -0.0800. The summed E-state index contributed by atoms with van der Waals surface area (Å²) < 4.78 is 5.74. The van der Waals surface area contributed by atoms with Gasteiger partial charge in [0, 0.05) is 6.04 Å². The predicted molar refractivity (Wildman–Crippen MR) is 46.4 cm³/mol. The van der Waals surface area contributed by atoms with Gasteiger partial charge >= 0.3 is 0 Å². The predicted octanol–water partition coefficient (Wildman–Crippen LogP) is 1.54. The molecule has 2 N–H and O–H groups in total. The minimum Gasteiger partial charge on any atom is -0.375 e. The van der Waals surface area contributed by atoms with Gasteiger partial charge < -0.3 is 10.5 Å². The van der Waals surface area contributed by atoms with Gasteiger partial charge in [-0.15, -0.1) is 0 Å². The van der Waals surface area contributed by atoms with E-state index in [1.54, 1.807) is 0 Å². The number of hydrogen-bond acceptors (Lipinski definition) is 2. The zero-order valence-electron chi connectivity index (χ0n) is 7.71. The van der Waals surface area contributed by atoms with Crippen LogP contribution in [0.4, 0.5) is 0 Å². The molecule has 0 aliphatic carbocycles. The summed E-state index contributed by atoms with van der Waals surface area (Å²) in [5.74, 6) is 0.601. The summed E-state index contributed by atoms with van der Waals surface area (Å²) in [5, 5.41) is 0. The monoisotopic (exact) mass is 157 g/mol. The highest BCUT2D eigenvalue weighted by molar-refractivity contribution is 4.79. The molecule has 0 bridgehead atoms. The zero-order valence-corrected chi connectivity index (χ0v) is 7.71. The highest BCUT2D eigenvalue weighted by Crippen LogP contribution is 2.22. The van der Waals surface area contributed by atoms with Crippen molar-refractivity contribution in [3.05, 3.63) is 0 Å². The van der Waals surface area contributed by atoms with Crippen LogP contribution in [0.3, 0.4) is 0 Å². The Morgan fingerprint density at radius 3 is 2.45 bits per heavy atom. The van der Waals surface area contributed by atoms with Crippen molar-refractivity contribution in [1.82, 2.24) is 0 Å². The van der Waals surface area contributed by atoms with Gasteiger partial charge in [-0.1, -0.05) is 13.8 Å². The van der Waals surface area contributed by atoms with E-state index in [-0.39, 0.29) is 0 Å². The summed E-state index contributed by atoms with van der Waals surface area (Å²) in [6.07, 6.45) is 2.78. The van der Waals surface area contributed by atoms with Crippen molar-refractivity contribution < 1.29 is 4.74 Å². The van der Waals surface area contributed by atoms with Crippen molar-refractivity contribution in [3.63, 3.8) is 0 Å². The van der Waals surface area contributed by atoms with E-state index in [2.05, 4.69) is 20.8 Å². The molecule has 1 aliphatic heterocycles. The molecule has 0 aromatic carbocycles. The Morgan fingerprint density at radius 2 is 2.00 bits per heavy atom. The maximum Gasteiger partial charge on any atom is 0.0616 e. The van der Waals surface area contributed by atoms with Gasteiger partial charge in [0.25, 0.3) is 0 Å². The Bertz CT molecular complexity index is 115. The van der Waals surface area contributed by atoms with Crippen molar-refractivity contribution in [2.24, 2.45) is 11.7 Å². The summed E-state index contributed by atoms with van der Waals surface area (Å²) in [7, 11) is 0. The summed E-state index contributed by atoms with van der Waals surface area (Å²) in [5.41, 5.74) is 5.87. The van der Waals surface area contributed by atoms with Crippen molar-refractivity contribution in [2.75, 3.05) is 0 Å². The van der Waals surface area contributed by atoms with Crippen LogP contribution in [-0.2, 0) is 4.74 Å². The van der Waals surface area contributed by atoms with Gasteiger partial charge in [0.15, 0.2) is 0 Å². The Kier molecular flexibility index (Phi) is 2.90. The lowest BCUT2D eigenvalue weighted by Crippen LogP contribution is -2.41. The molecular formula is C9H19NO. The molecule has 1 saturated heterocycles. The van der Waals surface area contributed by atoms with E-state index in [9.17, 15) is 0 Å².